The molecule has 1 N–H and O–H groups in total. The fraction of sp³-hybridized carbons (Fsp3) is 0.357. The van der Waals surface area contributed by atoms with E-state index in [4.69, 9.17) is 11.6 Å². The maximum Gasteiger partial charge on any atom is 0.440 e. The molecule has 1 rings (SSSR count). The molecule has 11 heteroatoms. The molecule has 0 aromatic heterocycles. The summed E-state index contributed by atoms with van der Waals surface area (Å²) in [5.74, 6) is -1.88. The molecular weight excluding hydrogens is 369 g/mol. The smallest absolute Gasteiger partial charge is 0.440 e. The number of hydrogen-bond donors (Lipinski definition) is 1. The van der Waals surface area contributed by atoms with Gasteiger partial charge in [0.15, 0.2) is 0 Å². The lowest BCUT2D eigenvalue weighted by Gasteiger charge is -2.28. The summed E-state index contributed by atoms with van der Waals surface area (Å²) in [5, 5.41) is 13.0. The second-order valence-electron chi connectivity index (χ2n) is 4.75. The summed E-state index contributed by atoms with van der Waals surface area (Å²) in [7, 11) is 1.99. The normalized spacial score (nSPS) is 14.5. The summed E-state index contributed by atoms with van der Waals surface area (Å²) < 4.78 is 43.4. The molecule has 7 nitrogen and oxygen atoms in total. The number of carbonyl (C=O) groups is 2. The number of anilines is 1. The van der Waals surface area contributed by atoms with Gasteiger partial charge in [0.25, 0.3) is 5.60 Å². The Hall–Kier alpha value is -2.33. The van der Waals surface area contributed by atoms with E-state index in [1.54, 1.807) is 0 Å². The summed E-state index contributed by atoms with van der Waals surface area (Å²) in [6.07, 6.45) is -6.26. The fourth-order valence-electron chi connectivity index (χ4n) is 1.74. The number of alkyl halides is 3. The number of oxime groups is 1. The second-order valence-corrected chi connectivity index (χ2v) is 5.30. The molecule has 1 unspecified atom stereocenters. The Labute approximate surface area is 145 Å². The minimum absolute atomic E-state index is 0.0367. The largest absolute Gasteiger partial charge is 0.466 e. The SMILES string of the molecule is COC(=O)C(O)(c1ccc(N(C)C(=O)O/N=C(/C)Cl)cc1)C(F)(F)F. The van der Waals surface area contributed by atoms with Gasteiger partial charge >= 0.3 is 18.2 Å². The highest BCUT2D eigenvalue weighted by atomic mass is 35.5. The molecule has 1 atom stereocenters. The molecule has 1 aromatic carbocycles. The first kappa shape index (κ1) is 20.7. The van der Waals surface area contributed by atoms with E-state index in [1.165, 1.54) is 14.0 Å². The highest BCUT2D eigenvalue weighted by molar-refractivity contribution is 6.64. The van der Waals surface area contributed by atoms with Crippen LogP contribution in [0.1, 0.15) is 12.5 Å². The lowest BCUT2D eigenvalue weighted by molar-refractivity contribution is -0.266. The Morgan fingerprint density at radius 1 is 1.24 bits per heavy atom. The number of nitrogens with zero attached hydrogens (tertiary/aromatic N) is 2. The molecule has 0 aliphatic heterocycles. The molecule has 0 spiro atoms. The summed E-state index contributed by atoms with van der Waals surface area (Å²) in [6.45, 7) is 1.37. The summed E-state index contributed by atoms with van der Waals surface area (Å²) in [6, 6.07) is 3.82. The molecule has 0 aliphatic rings. The predicted octanol–water partition coefficient (Wildman–Crippen LogP) is 2.75. The van der Waals surface area contributed by atoms with Gasteiger partial charge in [0.1, 0.15) is 5.17 Å². The summed E-state index contributed by atoms with van der Waals surface area (Å²) >= 11 is 5.41. The zero-order valence-electron chi connectivity index (χ0n) is 13.3. The van der Waals surface area contributed by atoms with Crippen LogP contribution < -0.4 is 4.90 Å². The van der Waals surface area contributed by atoms with Crippen molar-refractivity contribution in [2.45, 2.75) is 18.7 Å². The first-order valence-electron chi connectivity index (χ1n) is 6.58. The maximum absolute atomic E-state index is 13.1. The van der Waals surface area contributed by atoms with Crippen molar-refractivity contribution in [1.82, 2.24) is 0 Å². The first-order chi connectivity index (χ1) is 11.4. The fourth-order valence-corrected chi connectivity index (χ4v) is 1.77. The molecule has 25 heavy (non-hydrogen) atoms. The summed E-state index contributed by atoms with van der Waals surface area (Å²) in [5.41, 5.74) is -4.49. The number of carbonyl (C=O) groups excluding carboxylic acids is 2. The monoisotopic (exact) mass is 382 g/mol. The van der Waals surface area contributed by atoms with E-state index in [0.717, 1.165) is 36.3 Å². The van der Waals surface area contributed by atoms with Crippen molar-refractivity contribution in [2.24, 2.45) is 5.16 Å². The van der Waals surface area contributed by atoms with Gasteiger partial charge in [0.05, 0.1) is 7.11 Å². The average Bonchev–Trinajstić information content (AvgIpc) is 2.56. The number of halogens is 4. The molecule has 0 fully saturated rings. The van der Waals surface area contributed by atoms with Gasteiger partial charge in [0, 0.05) is 18.3 Å². The van der Waals surface area contributed by atoms with E-state index in [9.17, 15) is 27.9 Å². The van der Waals surface area contributed by atoms with E-state index in [2.05, 4.69) is 14.7 Å². The second kappa shape index (κ2) is 7.70. The number of benzene rings is 1. The predicted molar refractivity (Wildman–Crippen MR) is 82.3 cm³/mol. The van der Waals surface area contributed by atoms with Crippen molar-refractivity contribution in [1.29, 1.82) is 0 Å². The minimum atomic E-state index is -5.31. The molecule has 1 aromatic rings. The van der Waals surface area contributed by atoms with Gasteiger partial charge in [-0.2, -0.15) is 13.2 Å². The lowest BCUT2D eigenvalue weighted by Crippen LogP contribution is -2.49. The van der Waals surface area contributed by atoms with Crippen LogP contribution in [0.4, 0.5) is 23.7 Å². The molecule has 0 saturated heterocycles. The molecule has 0 heterocycles. The van der Waals surface area contributed by atoms with Crippen LogP contribution in [0.2, 0.25) is 0 Å². The van der Waals surface area contributed by atoms with Crippen LogP contribution in [0.25, 0.3) is 0 Å². The standard InChI is InChI=1S/C14H14ClF3N2O5/c1-8(15)19-25-12(22)20(2)10-6-4-9(5-7-10)13(23,11(21)24-3)14(16,17)18/h4-7,23H,1-3H3/b19-8-. The van der Waals surface area contributed by atoms with E-state index in [1.807, 2.05) is 0 Å². The van der Waals surface area contributed by atoms with Gasteiger partial charge in [-0.15, -0.1) is 0 Å². The Morgan fingerprint density at radius 2 is 1.76 bits per heavy atom. The molecule has 138 valence electrons. The van der Waals surface area contributed by atoms with Gasteiger partial charge in [-0.1, -0.05) is 28.9 Å². The third-order valence-corrected chi connectivity index (χ3v) is 3.16. The molecule has 0 radical (unpaired) electrons. The Balaban J connectivity index is 3.14. The van der Waals surface area contributed by atoms with Crippen LogP contribution in [0.3, 0.4) is 0 Å². The van der Waals surface area contributed by atoms with E-state index in [-0.39, 0.29) is 10.9 Å². The van der Waals surface area contributed by atoms with Crippen LogP contribution in [-0.2, 0) is 20.0 Å². The highest BCUT2D eigenvalue weighted by Gasteiger charge is 2.62. The van der Waals surface area contributed by atoms with E-state index >= 15 is 0 Å². The van der Waals surface area contributed by atoms with Crippen molar-refractivity contribution in [2.75, 3.05) is 19.1 Å². The number of rotatable bonds is 4. The zero-order chi connectivity index (χ0) is 19.4. The molecule has 1 amide bonds. The van der Waals surface area contributed by atoms with Crippen LogP contribution >= 0.6 is 11.6 Å². The van der Waals surface area contributed by atoms with Gasteiger partial charge in [-0.05, 0) is 19.1 Å². The number of methoxy groups -OCH3 is 1. The Kier molecular flexibility index (Phi) is 6.38. The van der Waals surface area contributed by atoms with Gasteiger partial charge in [-0.3, -0.25) is 9.74 Å². The van der Waals surface area contributed by atoms with E-state index < -0.39 is 29.4 Å². The van der Waals surface area contributed by atoms with Crippen molar-refractivity contribution in [3.8, 4) is 0 Å². The number of hydrogen-bond acceptors (Lipinski definition) is 6. The topological polar surface area (TPSA) is 88.4 Å². The van der Waals surface area contributed by atoms with Crippen molar-refractivity contribution in [3.05, 3.63) is 29.8 Å². The van der Waals surface area contributed by atoms with Crippen LogP contribution in [0, 0.1) is 0 Å². The van der Waals surface area contributed by atoms with Crippen molar-refractivity contribution < 1.29 is 37.4 Å². The number of ether oxygens (including phenoxy) is 1. The summed E-state index contributed by atoms with van der Waals surface area (Å²) in [4.78, 5) is 28.5. The molecule has 0 aliphatic carbocycles. The molecular formula is C14H14ClF3N2O5. The third-order valence-electron chi connectivity index (χ3n) is 3.09. The van der Waals surface area contributed by atoms with E-state index in [0.29, 0.717) is 0 Å². The van der Waals surface area contributed by atoms with Gasteiger partial charge in [0.2, 0.25) is 0 Å². The van der Waals surface area contributed by atoms with Gasteiger partial charge < -0.3 is 9.84 Å². The zero-order valence-corrected chi connectivity index (χ0v) is 14.1. The van der Waals surface area contributed by atoms with Crippen LogP contribution in [-0.4, -0.2) is 42.7 Å². The maximum atomic E-state index is 13.1. The van der Waals surface area contributed by atoms with Crippen LogP contribution in [0.5, 0.6) is 0 Å². The number of aliphatic hydroxyl groups is 1. The average molecular weight is 383 g/mol. The Morgan fingerprint density at radius 3 is 2.16 bits per heavy atom. The van der Waals surface area contributed by atoms with Crippen LogP contribution in [0.15, 0.2) is 29.4 Å². The molecule has 0 saturated carbocycles. The first-order valence-corrected chi connectivity index (χ1v) is 6.95. The lowest BCUT2D eigenvalue weighted by atomic mass is 9.93. The van der Waals surface area contributed by atoms with Crippen molar-refractivity contribution >= 4 is 34.5 Å². The third kappa shape index (κ3) is 4.40. The number of amides is 1. The minimum Gasteiger partial charge on any atom is -0.466 e. The quantitative estimate of drug-likeness (QED) is 0.374. The highest BCUT2D eigenvalue weighted by Crippen LogP contribution is 2.40. The number of esters is 1. The van der Waals surface area contributed by atoms with Gasteiger partial charge in [-0.25, -0.2) is 9.59 Å². The molecule has 0 bridgehead atoms. The van der Waals surface area contributed by atoms with Crippen molar-refractivity contribution in [3.63, 3.8) is 0 Å². The Bertz CT molecular complexity index is 674.